The molecule has 0 saturated carbocycles. The van der Waals surface area contributed by atoms with Crippen molar-refractivity contribution in [2.24, 2.45) is 0 Å². The largest absolute Gasteiger partial charge is 0.507 e. The molecule has 0 atom stereocenters. The molecule has 0 aliphatic rings. The van der Waals surface area contributed by atoms with E-state index < -0.39 is 5.97 Å². The van der Waals surface area contributed by atoms with Crippen molar-refractivity contribution in [3.05, 3.63) is 23.8 Å². The van der Waals surface area contributed by atoms with Gasteiger partial charge in [-0.05, 0) is 6.07 Å². The molecule has 6 nitrogen and oxygen atoms in total. The van der Waals surface area contributed by atoms with Gasteiger partial charge in [-0.1, -0.05) is 0 Å². The number of nitrogens with zero attached hydrogens (tertiary/aromatic N) is 1. The summed E-state index contributed by atoms with van der Waals surface area (Å²) in [6.45, 7) is 4.41. The quantitative estimate of drug-likeness (QED) is 0.260. The number of aromatic carboxylic acids is 1. The van der Waals surface area contributed by atoms with E-state index >= 15 is 0 Å². The first-order chi connectivity index (χ1) is 10.7. The maximum absolute atomic E-state index is 10.9. The van der Waals surface area contributed by atoms with Gasteiger partial charge in [-0.15, -0.1) is 0 Å². The minimum absolute atomic E-state index is 0.0528. The monoisotopic (exact) mass is 326 g/mol. The maximum atomic E-state index is 10.9. The highest BCUT2D eigenvalue weighted by Gasteiger charge is 2.16. The zero-order valence-corrected chi connectivity index (χ0v) is 14.8. The van der Waals surface area contributed by atoms with Gasteiger partial charge in [0, 0.05) is 25.0 Å². The predicted molar refractivity (Wildman–Crippen MR) is 90.3 cm³/mol. The summed E-state index contributed by atoms with van der Waals surface area (Å²) < 4.78 is 1.02. The predicted octanol–water partition coefficient (Wildman–Crippen LogP) is -0.714. The van der Waals surface area contributed by atoms with Crippen LogP contribution in [0.25, 0.3) is 0 Å². The van der Waals surface area contributed by atoms with E-state index in [1.807, 2.05) is 0 Å². The van der Waals surface area contributed by atoms with Crippen LogP contribution in [0.1, 0.15) is 23.2 Å². The van der Waals surface area contributed by atoms with E-state index in [4.69, 9.17) is 5.11 Å². The van der Waals surface area contributed by atoms with Crippen LogP contribution in [0.3, 0.4) is 0 Å². The number of carboxylic acid groups (broad SMARTS) is 1. The number of nitrogens with two attached hydrogens (primary N) is 1. The molecule has 0 bridgehead atoms. The molecule has 0 radical (unpaired) electrons. The topological polar surface area (TPSA) is 78.6 Å². The summed E-state index contributed by atoms with van der Waals surface area (Å²) in [5, 5.41) is 20.6. The lowest BCUT2D eigenvalue weighted by Crippen LogP contribution is -3.05. The number of hydrogen-bond acceptors (Lipinski definition) is 2. The summed E-state index contributed by atoms with van der Waals surface area (Å²) in [7, 11) is 8.89. The molecule has 0 aromatic heterocycles. The zero-order chi connectivity index (χ0) is 17.5. The minimum Gasteiger partial charge on any atom is -0.507 e. The number of hydrogen-bond donors (Lipinski definition) is 4. The number of rotatable bonds is 10. The Balaban J connectivity index is 2.34. The molecule has 1 rings (SSSR count). The van der Waals surface area contributed by atoms with Crippen molar-refractivity contribution in [1.29, 1.82) is 0 Å². The van der Waals surface area contributed by atoms with E-state index in [1.165, 1.54) is 36.5 Å². The highest BCUT2D eigenvalue weighted by molar-refractivity contribution is 5.91. The Kier molecular flexibility index (Phi) is 7.48. The lowest BCUT2D eigenvalue weighted by atomic mass is 10.2. The van der Waals surface area contributed by atoms with Gasteiger partial charge >= 0.3 is 5.97 Å². The molecule has 0 unspecified atom stereocenters. The highest BCUT2D eigenvalue weighted by Crippen LogP contribution is 2.19. The Hall–Kier alpha value is -1.63. The van der Waals surface area contributed by atoms with E-state index in [-0.39, 0.29) is 11.3 Å². The SMILES string of the molecule is C[NH+](C)CCC[N+](C)(C)CCC[NH2+]c1ccc(C(=O)O)c(O)c1. The lowest BCUT2D eigenvalue weighted by Gasteiger charge is -2.29. The second-order valence-corrected chi connectivity index (χ2v) is 7.12. The summed E-state index contributed by atoms with van der Waals surface area (Å²) in [4.78, 5) is 12.3. The van der Waals surface area contributed by atoms with Crippen molar-refractivity contribution >= 4 is 11.7 Å². The van der Waals surface area contributed by atoms with Crippen LogP contribution >= 0.6 is 0 Å². The van der Waals surface area contributed by atoms with Gasteiger partial charge in [-0.3, -0.25) is 0 Å². The highest BCUT2D eigenvalue weighted by atomic mass is 16.4. The van der Waals surface area contributed by atoms with E-state index in [0.29, 0.717) is 0 Å². The summed E-state index contributed by atoms with van der Waals surface area (Å²) in [5.41, 5.74) is 0.817. The third-order valence-electron chi connectivity index (χ3n) is 4.04. The molecule has 5 N–H and O–H groups in total. The fourth-order valence-electron chi connectivity index (χ4n) is 2.62. The molecule has 1 aromatic carbocycles. The lowest BCUT2D eigenvalue weighted by molar-refractivity contribution is -0.900. The zero-order valence-electron chi connectivity index (χ0n) is 14.8. The van der Waals surface area contributed by atoms with Crippen LogP contribution in [0, 0.1) is 0 Å². The number of carbonyl (C=O) groups is 1. The molecule has 0 heterocycles. The normalized spacial score (nSPS) is 11.9. The molecule has 130 valence electrons. The van der Waals surface area contributed by atoms with Gasteiger partial charge in [0.25, 0.3) is 0 Å². The Morgan fingerprint density at radius 3 is 2.43 bits per heavy atom. The van der Waals surface area contributed by atoms with Crippen LogP contribution in [0.2, 0.25) is 0 Å². The third-order valence-corrected chi connectivity index (χ3v) is 4.04. The van der Waals surface area contributed by atoms with Crippen LogP contribution in [-0.2, 0) is 0 Å². The van der Waals surface area contributed by atoms with E-state index in [9.17, 15) is 9.90 Å². The fraction of sp³-hybridized carbons (Fsp3) is 0.588. The van der Waals surface area contributed by atoms with E-state index in [2.05, 4.69) is 33.5 Å². The second kappa shape index (κ2) is 8.86. The van der Waals surface area contributed by atoms with Crippen LogP contribution in [0.5, 0.6) is 5.75 Å². The molecular formula is C17H32N3O3+3. The van der Waals surface area contributed by atoms with Gasteiger partial charge in [0.15, 0.2) is 0 Å². The van der Waals surface area contributed by atoms with Crippen molar-refractivity contribution in [3.8, 4) is 5.75 Å². The molecule has 0 spiro atoms. The number of phenols is 1. The van der Waals surface area contributed by atoms with Crippen molar-refractivity contribution in [3.63, 3.8) is 0 Å². The Bertz CT molecular complexity index is 516. The van der Waals surface area contributed by atoms with Gasteiger partial charge in [0.1, 0.15) is 17.0 Å². The van der Waals surface area contributed by atoms with Crippen LogP contribution in [0.4, 0.5) is 5.69 Å². The number of quaternary nitrogens is 3. The van der Waals surface area contributed by atoms with Crippen LogP contribution in [0.15, 0.2) is 18.2 Å². The summed E-state index contributed by atoms with van der Waals surface area (Å²) in [6.07, 6.45) is 2.30. The maximum Gasteiger partial charge on any atom is 0.339 e. The van der Waals surface area contributed by atoms with Crippen LogP contribution < -0.4 is 10.2 Å². The number of aromatic hydroxyl groups is 1. The molecule has 0 saturated heterocycles. The van der Waals surface area contributed by atoms with Crippen molar-refractivity contribution in [1.82, 2.24) is 0 Å². The van der Waals surface area contributed by atoms with Gasteiger partial charge in [-0.25, -0.2) is 4.79 Å². The van der Waals surface area contributed by atoms with Gasteiger partial charge in [0.05, 0.1) is 54.4 Å². The Morgan fingerprint density at radius 2 is 1.87 bits per heavy atom. The standard InChI is InChI=1S/C17H29N3O3/c1-19(2)10-6-12-20(3,4)11-5-9-18-14-7-8-15(17(22)23)16(21)13-14/h7-8,13,18H,5-6,9-12H2,1-4H3,(H-,21,22,23)/p+3. The number of benzene rings is 1. The summed E-state index contributed by atoms with van der Waals surface area (Å²) >= 11 is 0. The fourth-order valence-corrected chi connectivity index (χ4v) is 2.62. The molecule has 6 heteroatoms. The molecule has 23 heavy (non-hydrogen) atoms. The molecule has 0 fully saturated rings. The molecule has 0 aliphatic heterocycles. The Labute approximate surface area is 138 Å². The third kappa shape index (κ3) is 7.45. The first-order valence-corrected chi connectivity index (χ1v) is 8.22. The number of nitrogens with one attached hydrogen (secondary N) is 1. The first-order valence-electron chi connectivity index (χ1n) is 8.22. The second-order valence-electron chi connectivity index (χ2n) is 7.12. The van der Waals surface area contributed by atoms with E-state index in [1.54, 1.807) is 6.07 Å². The number of carboxylic acids is 1. The van der Waals surface area contributed by atoms with E-state index in [0.717, 1.165) is 29.7 Å². The van der Waals surface area contributed by atoms with Crippen molar-refractivity contribution in [2.75, 3.05) is 54.4 Å². The Morgan fingerprint density at radius 1 is 1.22 bits per heavy atom. The molecule has 0 amide bonds. The molecule has 1 aromatic rings. The smallest absolute Gasteiger partial charge is 0.339 e. The molecular weight excluding hydrogens is 294 g/mol. The average Bonchev–Trinajstić information content (AvgIpc) is 2.42. The van der Waals surface area contributed by atoms with Gasteiger partial charge in [-0.2, -0.15) is 0 Å². The van der Waals surface area contributed by atoms with Crippen molar-refractivity contribution < 1.29 is 29.7 Å². The minimum atomic E-state index is -1.10. The average molecular weight is 326 g/mol. The summed E-state index contributed by atoms with van der Waals surface area (Å²) in [5.74, 6) is -1.28. The van der Waals surface area contributed by atoms with Gasteiger partial charge in [0.2, 0.25) is 0 Å². The van der Waals surface area contributed by atoms with Crippen LogP contribution in [-0.4, -0.2) is 75.0 Å². The summed E-state index contributed by atoms with van der Waals surface area (Å²) in [6, 6.07) is 4.71. The van der Waals surface area contributed by atoms with Crippen molar-refractivity contribution in [2.45, 2.75) is 12.8 Å². The molecule has 0 aliphatic carbocycles. The van der Waals surface area contributed by atoms with Gasteiger partial charge < -0.3 is 24.9 Å². The first kappa shape index (κ1) is 19.4.